The molecule has 0 fully saturated rings. The Morgan fingerprint density at radius 3 is 2.50 bits per heavy atom. The fourth-order valence-corrected chi connectivity index (χ4v) is 1.96. The summed E-state index contributed by atoms with van der Waals surface area (Å²) in [5.41, 5.74) is 7.36. The predicted molar refractivity (Wildman–Crippen MR) is 73.3 cm³/mol. The van der Waals surface area contributed by atoms with Crippen LogP contribution in [0.2, 0.25) is 0 Å². The summed E-state index contributed by atoms with van der Waals surface area (Å²) in [6, 6.07) is 8.56. The quantitative estimate of drug-likeness (QED) is 0.901. The lowest BCUT2D eigenvalue weighted by Gasteiger charge is -2.24. The first-order chi connectivity index (χ1) is 7.50. The number of nitrogens with zero attached hydrogens (tertiary/aromatic N) is 1. The molecule has 0 heterocycles. The van der Waals surface area contributed by atoms with Gasteiger partial charge >= 0.3 is 0 Å². The third-order valence-electron chi connectivity index (χ3n) is 2.78. The fourth-order valence-electron chi connectivity index (χ4n) is 1.55. The van der Waals surface area contributed by atoms with Gasteiger partial charge in [-0.15, -0.1) is 0 Å². The zero-order valence-corrected chi connectivity index (χ0v) is 11.9. The Labute approximate surface area is 107 Å². The maximum atomic E-state index is 6.06. The highest BCUT2D eigenvalue weighted by Crippen LogP contribution is 2.17. The molecular formula is C13H21BrN2. The summed E-state index contributed by atoms with van der Waals surface area (Å²) < 4.78 is 1.17. The maximum Gasteiger partial charge on any atom is 0.0242 e. The Hall–Kier alpha value is -0.380. The number of rotatable bonds is 5. The SMILES string of the molecule is CC(C)C(N)CN(C)Cc1ccccc1Br. The fraction of sp³-hybridized carbons (Fsp3) is 0.538. The number of halogens is 1. The molecule has 3 heteroatoms. The lowest BCUT2D eigenvalue weighted by atomic mass is 10.1. The molecule has 0 aliphatic carbocycles. The van der Waals surface area contributed by atoms with Crippen LogP contribution in [0.5, 0.6) is 0 Å². The van der Waals surface area contributed by atoms with E-state index in [1.54, 1.807) is 0 Å². The zero-order valence-electron chi connectivity index (χ0n) is 10.3. The van der Waals surface area contributed by atoms with Gasteiger partial charge in [0, 0.05) is 23.6 Å². The second-order valence-electron chi connectivity index (χ2n) is 4.70. The number of benzene rings is 1. The van der Waals surface area contributed by atoms with E-state index in [2.05, 4.69) is 59.9 Å². The highest BCUT2D eigenvalue weighted by atomic mass is 79.9. The van der Waals surface area contributed by atoms with Crippen molar-refractivity contribution in [3.8, 4) is 0 Å². The van der Waals surface area contributed by atoms with Gasteiger partial charge in [0.2, 0.25) is 0 Å². The predicted octanol–water partition coefficient (Wildman–Crippen LogP) is 2.86. The molecule has 1 rings (SSSR count). The maximum absolute atomic E-state index is 6.06. The van der Waals surface area contributed by atoms with Crippen molar-refractivity contribution < 1.29 is 0 Å². The monoisotopic (exact) mass is 284 g/mol. The molecule has 0 saturated carbocycles. The van der Waals surface area contributed by atoms with E-state index in [9.17, 15) is 0 Å². The second kappa shape index (κ2) is 6.38. The summed E-state index contributed by atoms with van der Waals surface area (Å²) in [6.07, 6.45) is 0. The van der Waals surface area contributed by atoms with Gasteiger partial charge in [0.05, 0.1) is 0 Å². The van der Waals surface area contributed by atoms with Crippen molar-refractivity contribution in [1.82, 2.24) is 4.90 Å². The summed E-state index contributed by atoms with van der Waals surface area (Å²) in [7, 11) is 2.11. The minimum Gasteiger partial charge on any atom is -0.326 e. The van der Waals surface area contributed by atoms with Gasteiger partial charge in [-0.25, -0.2) is 0 Å². The van der Waals surface area contributed by atoms with Crippen molar-refractivity contribution in [3.63, 3.8) is 0 Å². The molecule has 0 bridgehead atoms. The van der Waals surface area contributed by atoms with E-state index in [0.717, 1.165) is 13.1 Å². The molecule has 1 aromatic rings. The van der Waals surface area contributed by atoms with Crippen LogP contribution >= 0.6 is 15.9 Å². The van der Waals surface area contributed by atoms with E-state index in [0.29, 0.717) is 5.92 Å². The lowest BCUT2D eigenvalue weighted by Crippen LogP contribution is -2.38. The van der Waals surface area contributed by atoms with Crippen LogP contribution in [0.25, 0.3) is 0 Å². The van der Waals surface area contributed by atoms with Gasteiger partial charge in [-0.05, 0) is 24.6 Å². The van der Waals surface area contributed by atoms with Crippen LogP contribution in [0.15, 0.2) is 28.7 Å². The van der Waals surface area contributed by atoms with Gasteiger partial charge in [-0.2, -0.15) is 0 Å². The van der Waals surface area contributed by atoms with E-state index in [1.807, 2.05) is 6.07 Å². The number of hydrogen-bond donors (Lipinski definition) is 1. The molecule has 0 radical (unpaired) electrons. The molecule has 2 N–H and O–H groups in total. The summed E-state index contributed by atoms with van der Waals surface area (Å²) >= 11 is 3.56. The summed E-state index contributed by atoms with van der Waals surface area (Å²) in [5, 5.41) is 0. The molecule has 0 aromatic heterocycles. The van der Waals surface area contributed by atoms with E-state index in [-0.39, 0.29) is 6.04 Å². The summed E-state index contributed by atoms with van der Waals surface area (Å²) in [6.45, 7) is 6.19. The standard InChI is InChI=1S/C13H21BrN2/c1-10(2)13(15)9-16(3)8-11-6-4-5-7-12(11)14/h4-7,10,13H,8-9,15H2,1-3H3. The van der Waals surface area contributed by atoms with E-state index in [4.69, 9.17) is 5.73 Å². The molecule has 1 aromatic carbocycles. The Morgan fingerprint density at radius 2 is 1.94 bits per heavy atom. The van der Waals surface area contributed by atoms with Crippen molar-refractivity contribution in [1.29, 1.82) is 0 Å². The highest BCUT2D eigenvalue weighted by Gasteiger charge is 2.11. The average Bonchev–Trinajstić information content (AvgIpc) is 2.21. The molecule has 0 saturated heterocycles. The van der Waals surface area contributed by atoms with Crippen LogP contribution in [-0.4, -0.2) is 24.5 Å². The number of nitrogens with two attached hydrogens (primary N) is 1. The molecular weight excluding hydrogens is 264 g/mol. The first-order valence-electron chi connectivity index (χ1n) is 5.68. The normalized spacial score (nSPS) is 13.4. The van der Waals surface area contributed by atoms with Gasteiger partial charge in [0.1, 0.15) is 0 Å². The number of hydrogen-bond acceptors (Lipinski definition) is 2. The van der Waals surface area contributed by atoms with E-state index >= 15 is 0 Å². The molecule has 2 nitrogen and oxygen atoms in total. The molecule has 16 heavy (non-hydrogen) atoms. The van der Waals surface area contributed by atoms with Crippen LogP contribution in [-0.2, 0) is 6.54 Å². The first kappa shape index (κ1) is 13.7. The summed E-state index contributed by atoms with van der Waals surface area (Å²) in [5.74, 6) is 0.529. The molecule has 90 valence electrons. The van der Waals surface area contributed by atoms with Crippen molar-refractivity contribution in [2.45, 2.75) is 26.4 Å². The van der Waals surface area contributed by atoms with Gasteiger partial charge in [-0.1, -0.05) is 48.0 Å². The molecule has 1 atom stereocenters. The topological polar surface area (TPSA) is 29.3 Å². The van der Waals surface area contributed by atoms with E-state index in [1.165, 1.54) is 10.0 Å². The van der Waals surface area contributed by atoms with Crippen molar-refractivity contribution in [3.05, 3.63) is 34.3 Å². The average molecular weight is 285 g/mol. The Morgan fingerprint density at radius 1 is 1.31 bits per heavy atom. The molecule has 0 spiro atoms. The van der Waals surface area contributed by atoms with Crippen molar-refractivity contribution >= 4 is 15.9 Å². The minimum atomic E-state index is 0.243. The molecule has 1 unspecified atom stereocenters. The van der Waals surface area contributed by atoms with Crippen LogP contribution in [0.3, 0.4) is 0 Å². The first-order valence-corrected chi connectivity index (χ1v) is 6.47. The third kappa shape index (κ3) is 4.24. The van der Waals surface area contributed by atoms with Crippen molar-refractivity contribution in [2.75, 3.05) is 13.6 Å². The Kier molecular flexibility index (Phi) is 5.46. The minimum absolute atomic E-state index is 0.243. The van der Waals surface area contributed by atoms with E-state index < -0.39 is 0 Å². The zero-order chi connectivity index (χ0) is 12.1. The van der Waals surface area contributed by atoms with Crippen LogP contribution < -0.4 is 5.73 Å². The van der Waals surface area contributed by atoms with Gasteiger partial charge in [-0.3, -0.25) is 0 Å². The van der Waals surface area contributed by atoms with Gasteiger partial charge < -0.3 is 10.6 Å². The highest BCUT2D eigenvalue weighted by molar-refractivity contribution is 9.10. The smallest absolute Gasteiger partial charge is 0.0242 e. The Bertz CT molecular complexity index is 325. The molecule has 0 aliphatic heterocycles. The number of likely N-dealkylation sites (N-methyl/N-ethyl adjacent to an activating group) is 1. The molecule has 0 aliphatic rings. The largest absolute Gasteiger partial charge is 0.326 e. The van der Waals surface area contributed by atoms with Crippen LogP contribution in [0.4, 0.5) is 0 Å². The third-order valence-corrected chi connectivity index (χ3v) is 3.55. The molecule has 0 amide bonds. The second-order valence-corrected chi connectivity index (χ2v) is 5.55. The van der Waals surface area contributed by atoms with Crippen molar-refractivity contribution in [2.24, 2.45) is 11.7 Å². The van der Waals surface area contributed by atoms with Gasteiger partial charge in [0.15, 0.2) is 0 Å². The van der Waals surface area contributed by atoms with Gasteiger partial charge in [0.25, 0.3) is 0 Å². The van der Waals surface area contributed by atoms with Crippen LogP contribution in [0.1, 0.15) is 19.4 Å². The summed E-state index contributed by atoms with van der Waals surface area (Å²) in [4.78, 5) is 2.27. The van der Waals surface area contributed by atoms with Crippen LogP contribution in [0, 0.1) is 5.92 Å². The lowest BCUT2D eigenvalue weighted by molar-refractivity contribution is 0.276. The Balaban J connectivity index is 2.52.